The molecule has 1 heterocycles. The SMILES string of the molecule is Cc1cnc(CSCC(NC(=O)OC(C)(C)C)C(=O)O)c(C)c1[N+](=O)[O-]. The van der Waals surface area contributed by atoms with E-state index in [1.807, 2.05) is 0 Å². The van der Waals surface area contributed by atoms with Gasteiger partial charge in [0.15, 0.2) is 0 Å². The second-order valence-corrected chi connectivity index (χ2v) is 7.70. The molecule has 144 valence electrons. The van der Waals surface area contributed by atoms with Gasteiger partial charge in [-0.25, -0.2) is 9.59 Å². The molecule has 0 fully saturated rings. The molecule has 26 heavy (non-hydrogen) atoms. The fourth-order valence-corrected chi connectivity index (χ4v) is 3.15. The number of ether oxygens (including phenoxy) is 1. The number of aryl methyl sites for hydroxylation is 1. The molecule has 0 bridgehead atoms. The van der Waals surface area contributed by atoms with Crippen LogP contribution in [0.2, 0.25) is 0 Å². The van der Waals surface area contributed by atoms with Gasteiger partial charge in [-0.3, -0.25) is 15.1 Å². The predicted molar refractivity (Wildman–Crippen MR) is 97.3 cm³/mol. The van der Waals surface area contributed by atoms with Gasteiger partial charge < -0.3 is 15.2 Å². The summed E-state index contributed by atoms with van der Waals surface area (Å²) >= 11 is 1.21. The molecular formula is C16H23N3O6S. The molecule has 0 saturated carbocycles. The number of pyridine rings is 1. The smallest absolute Gasteiger partial charge is 0.408 e. The van der Waals surface area contributed by atoms with Crippen molar-refractivity contribution < 1.29 is 24.4 Å². The maximum atomic E-state index is 11.7. The van der Waals surface area contributed by atoms with Crippen LogP contribution in [0.15, 0.2) is 6.20 Å². The van der Waals surface area contributed by atoms with Crippen LogP contribution in [0.3, 0.4) is 0 Å². The normalized spacial score (nSPS) is 12.3. The summed E-state index contributed by atoms with van der Waals surface area (Å²) in [4.78, 5) is 37.9. The second-order valence-electron chi connectivity index (χ2n) is 6.67. The number of nitrogens with one attached hydrogen (secondary N) is 1. The van der Waals surface area contributed by atoms with Crippen LogP contribution in [-0.2, 0) is 15.3 Å². The molecule has 1 aromatic rings. The summed E-state index contributed by atoms with van der Waals surface area (Å²) in [5.41, 5.74) is 0.707. The third-order valence-electron chi connectivity index (χ3n) is 3.27. The number of hydrogen-bond acceptors (Lipinski definition) is 7. The van der Waals surface area contributed by atoms with Crippen LogP contribution in [0.4, 0.5) is 10.5 Å². The van der Waals surface area contributed by atoms with Crippen molar-refractivity contribution in [3.63, 3.8) is 0 Å². The van der Waals surface area contributed by atoms with Crippen LogP contribution in [0.25, 0.3) is 0 Å². The summed E-state index contributed by atoms with van der Waals surface area (Å²) in [5, 5.41) is 22.7. The molecule has 0 aliphatic heterocycles. The molecule has 0 aliphatic carbocycles. The van der Waals surface area contributed by atoms with Crippen molar-refractivity contribution in [2.75, 3.05) is 5.75 Å². The second kappa shape index (κ2) is 8.84. The van der Waals surface area contributed by atoms with E-state index >= 15 is 0 Å². The zero-order chi connectivity index (χ0) is 20.1. The molecule has 0 aliphatic rings. The third-order valence-corrected chi connectivity index (χ3v) is 4.32. The first kappa shape index (κ1) is 21.7. The van der Waals surface area contributed by atoms with Gasteiger partial charge in [-0.15, -0.1) is 0 Å². The summed E-state index contributed by atoms with van der Waals surface area (Å²) in [5.74, 6) is -0.840. The molecule has 1 rings (SSSR count). The molecule has 0 saturated heterocycles. The Morgan fingerprint density at radius 3 is 2.54 bits per heavy atom. The lowest BCUT2D eigenvalue weighted by Crippen LogP contribution is -2.44. The topological polar surface area (TPSA) is 132 Å². The minimum absolute atomic E-state index is 0.0114. The van der Waals surface area contributed by atoms with Gasteiger partial charge in [0.05, 0.1) is 10.6 Å². The Kier molecular flexibility index (Phi) is 7.37. The first-order valence-corrected chi connectivity index (χ1v) is 8.97. The van der Waals surface area contributed by atoms with Crippen molar-refractivity contribution in [2.24, 2.45) is 0 Å². The van der Waals surface area contributed by atoms with E-state index in [9.17, 15) is 24.8 Å². The van der Waals surface area contributed by atoms with Gasteiger partial charge in [0.1, 0.15) is 11.6 Å². The van der Waals surface area contributed by atoms with Crippen LogP contribution >= 0.6 is 11.8 Å². The van der Waals surface area contributed by atoms with E-state index in [4.69, 9.17) is 4.74 Å². The Morgan fingerprint density at radius 1 is 1.42 bits per heavy atom. The minimum atomic E-state index is -1.19. The highest BCUT2D eigenvalue weighted by atomic mass is 32.2. The van der Waals surface area contributed by atoms with Crippen LogP contribution in [-0.4, -0.2) is 44.5 Å². The molecule has 1 atom stereocenters. The summed E-state index contributed by atoms with van der Waals surface area (Å²) in [7, 11) is 0. The first-order valence-electron chi connectivity index (χ1n) is 7.82. The molecule has 0 aromatic carbocycles. The summed E-state index contributed by atoms with van der Waals surface area (Å²) in [6, 6.07) is -1.14. The largest absolute Gasteiger partial charge is 0.480 e. The average molecular weight is 385 g/mol. The van der Waals surface area contributed by atoms with E-state index in [0.29, 0.717) is 16.8 Å². The molecule has 2 N–H and O–H groups in total. The minimum Gasteiger partial charge on any atom is -0.480 e. The lowest BCUT2D eigenvalue weighted by atomic mass is 10.1. The van der Waals surface area contributed by atoms with E-state index in [0.717, 1.165) is 0 Å². The van der Waals surface area contributed by atoms with Gasteiger partial charge in [0.25, 0.3) is 5.69 Å². The van der Waals surface area contributed by atoms with Gasteiger partial charge in [0, 0.05) is 28.8 Å². The number of carbonyl (C=O) groups excluding carboxylic acids is 1. The van der Waals surface area contributed by atoms with Crippen molar-refractivity contribution in [3.8, 4) is 0 Å². The summed E-state index contributed by atoms with van der Waals surface area (Å²) < 4.78 is 5.05. The monoisotopic (exact) mass is 385 g/mol. The quantitative estimate of drug-likeness (QED) is 0.541. The summed E-state index contributed by atoms with van der Waals surface area (Å²) in [6.45, 7) is 8.25. The molecule has 9 nitrogen and oxygen atoms in total. The molecule has 0 radical (unpaired) electrons. The van der Waals surface area contributed by atoms with Crippen molar-refractivity contribution in [1.29, 1.82) is 0 Å². The standard InChI is InChI=1S/C16H23N3O6S/c1-9-6-17-11(10(2)13(9)19(23)24)7-26-8-12(14(20)21)18-15(22)25-16(3,4)5/h6,12H,7-8H2,1-5H3,(H,18,22)(H,20,21). The fourth-order valence-electron chi connectivity index (χ4n) is 2.09. The van der Waals surface area contributed by atoms with Crippen LogP contribution < -0.4 is 5.32 Å². The average Bonchev–Trinajstić information content (AvgIpc) is 2.46. The number of rotatable bonds is 7. The maximum absolute atomic E-state index is 11.7. The van der Waals surface area contributed by atoms with Gasteiger partial charge in [-0.05, 0) is 34.6 Å². The summed E-state index contributed by atoms with van der Waals surface area (Å²) in [6.07, 6.45) is 0.611. The zero-order valence-electron chi connectivity index (χ0n) is 15.4. The van der Waals surface area contributed by atoms with E-state index in [-0.39, 0.29) is 17.2 Å². The number of aromatic nitrogens is 1. The molecule has 1 unspecified atom stereocenters. The van der Waals surface area contributed by atoms with Crippen molar-refractivity contribution in [2.45, 2.75) is 52.0 Å². The van der Waals surface area contributed by atoms with E-state index < -0.39 is 28.6 Å². The maximum Gasteiger partial charge on any atom is 0.408 e. The van der Waals surface area contributed by atoms with E-state index in [2.05, 4.69) is 10.3 Å². The Balaban J connectivity index is 2.72. The van der Waals surface area contributed by atoms with Crippen molar-refractivity contribution in [1.82, 2.24) is 10.3 Å². The Morgan fingerprint density at radius 2 is 2.04 bits per heavy atom. The Hall–Kier alpha value is -2.36. The number of aliphatic carboxylic acids is 1. The van der Waals surface area contributed by atoms with Gasteiger partial charge in [-0.1, -0.05) is 0 Å². The van der Waals surface area contributed by atoms with E-state index in [1.165, 1.54) is 18.0 Å². The van der Waals surface area contributed by atoms with Crippen LogP contribution in [0, 0.1) is 24.0 Å². The number of carboxylic acids is 1. The lowest BCUT2D eigenvalue weighted by molar-refractivity contribution is -0.386. The Labute approximate surface area is 155 Å². The molecule has 0 spiro atoms. The number of carboxylic acid groups (broad SMARTS) is 1. The number of nitro groups is 1. The van der Waals surface area contributed by atoms with Crippen LogP contribution in [0.1, 0.15) is 37.6 Å². The highest BCUT2D eigenvalue weighted by Gasteiger charge is 2.24. The van der Waals surface area contributed by atoms with Gasteiger partial charge in [0.2, 0.25) is 0 Å². The highest BCUT2D eigenvalue weighted by Crippen LogP contribution is 2.26. The van der Waals surface area contributed by atoms with E-state index in [1.54, 1.807) is 34.6 Å². The Bertz CT molecular complexity index is 702. The van der Waals surface area contributed by atoms with Crippen molar-refractivity contribution >= 4 is 29.5 Å². The first-order chi connectivity index (χ1) is 11.9. The number of alkyl carbamates (subject to hydrolysis) is 1. The number of thioether (sulfide) groups is 1. The van der Waals surface area contributed by atoms with Gasteiger partial charge in [-0.2, -0.15) is 11.8 Å². The molecule has 1 amide bonds. The fraction of sp³-hybridized carbons (Fsp3) is 0.562. The van der Waals surface area contributed by atoms with Crippen molar-refractivity contribution in [3.05, 3.63) is 33.1 Å². The van der Waals surface area contributed by atoms with Crippen LogP contribution in [0.5, 0.6) is 0 Å². The number of hydrogen-bond donors (Lipinski definition) is 2. The van der Waals surface area contributed by atoms with Gasteiger partial charge >= 0.3 is 12.1 Å². The third kappa shape index (κ3) is 6.51. The zero-order valence-corrected chi connectivity index (χ0v) is 16.2. The highest BCUT2D eigenvalue weighted by molar-refractivity contribution is 7.98. The number of carbonyl (C=O) groups is 2. The molecule has 1 aromatic heterocycles. The molecule has 10 heteroatoms. The lowest BCUT2D eigenvalue weighted by Gasteiger charge is -2.21. The number of nitrogens with zero attached hydrogens (tertiary/aromatic N) is 2. The number of amides is 1. The molecular weight excluding hydrogens is 362 g/mol. The predicted octanol–water partition coefficient (Wildman–Crippen LogP) is 2.82.